The van der Waals surface area contributed by atoms with Gasteiger partial charge in [-0.05, 0) is 30.2 Å². The molecule has 0 aromatic carbocycles. The smallest absolute Gasteiger partial charge is 0.229 e. The standard InChI is InChI=1S/C17H18N4O2.ClH/c1-11(22)19-10-14-8-15(17(23)21-14)16-3-2-13(9-20-16)12-4-6-18-7-5-12;/h2-7,9,14-15H,8,10H2,1H3,(H,19,22)(H,21,23);1H/t14?,15-;/m0./s1. The third-order valence-electron chi connectivity index (χ3n) is 3.94. The van der Waals surface area contributed by atoms with Crippen LogP contribution in [0.1, 0.15) is 25.0 Å². The number of nitrogens with zero attached hydrogens (tertiary/aromatic N) is 2. The number of nitrogens with one attached hydrogen (secondary N) is 2. The van der Waals surface area contributed by atoms with Crippen molar-refractivity contribution in [2.45, 2.75) is 25.3 Å². The number of halogens is 1. The molecule has 7 heteroatoms. The van der Waals surface area contributed by atoms with E-state index in [1.807, 2.05) is 24.3 Å². The number of rotatable bonds is 4. The summed E-state index contributed by atoms with van der Waals surface area (Å²) in [5.41, 5.74) is 2.79. The highest BCUT2D eigenvalue weighted by Crippen LogP contribution is 2.27. The van der Waals surface area contributed by atoms with Gasteiger partial charge in [0, 0.05) is 43.7 Å². The van der Waals surface area contributed by atoms with E-state index in [1.54, 1.807) is 18.6 Å². The van der Waals surface area contributed by atoms with Crippen LogP contribution in [0.5, 0.6) is 0 Å². The lowest BCUT2D eigenvalue weighted by atomic mass is 9.99. The number of hydrogen-bond donors (Lipinski definition) is 2. The molecule has 1 unspecified atom stereocenters. The van der Waals surface area contributed by atoms with Crippen LogP contribution in [0.25, 0.3) is 11.1 Å². The van der Waals surface area contributed by atoms with Crippen molar-refractivity contribution in [1.82, 2.24) is 20.6 Å². The van der Waals surface area contributed by atoms with Gasteiger partial charge in [0.15, 0.2) is 0 Å². The molecule has 2 aromatic rings. The molecule has 2 N–H and O–H groups in total. The summed E-state index contributed by atoms with van der Waals surface area (Å²) in [5, 5.41) is 5.63. The van der Waals surface area contributed by atoms with Crippen LogP contribution < -0.4 is 10.6 Å². The van der Waals surface area contributed by atoms with E-state index in [2.05, 4.69) is 20.6 Å². The number of pyridine rings is 2. The van der Waals surface area contributed by atoms with Gasteiger partial charge < -0.3 is 10.6 Å². The van der Waals surface area contributed by atoms with E-state index < -0.39 is 0 Å². The van der Waals surface area contributed by atoms with Gasteiger partial charge in [0.2, 0.25) is 11.8 Å². The summed E-state index contributed by atoms with van der Waals surface area (Å²) < 4.78 is 0. The van der Waals surface area contributed by atoms with E-state index in [0.717, 1.165) is 16.8 Å². The van der Waals surface area contributed by atoms with Crippen molar-refractivity contribution >= 4 is 24.2 Å². The van der Waals surface area contributed by atoms with Gasteiger partial charge in [-0.15, -0.1) is 12.4 Å². The van der Waals surface area contributed by atoms with Gasteiger partial charge in [0.05, 0.1) is 11.6 Å². The van der Waals surface area contributed by atoms with E-state index in [0.29, 0.717) is 13.0 Å². The SMILES string of the molecule is CC(=O)NCC1C[C@@H](c2ccc(-c3ccncc3)cn2)C(=O)N1.Cl. The van der Waals surface area contributed by atoms with E-state index in [9.17, 15) is 9.59 Å². The second-order valence-corrected chi connectivity index (χ2v) is 5.64. The molecule has 126 valence electrons. The summed E-state index contributed by atoms with van der Waals surface area (Å²) in [6.07, 6.45) is 5.89. The molecule has 1 aliphatic rings. The molecule has 3 heterocycles. The number of carbonyl (C=O) groups is 2. The second-order valence-electron chi connectivity index (χ2n) is 5.64. The lowest BCUT2D eigenvalue weighted by molar-refractivity contribution is -0.121. The van der Waals surface area contributed by atoms with E-state index in [1.165, 1.54) is 6.92 Å². The zero-order valence-electron chi connectivity index (χ0n) is 13.2. The Morgan fingerprint density at radius 1 is 1.25 bits per heavy atom. The van der Waals surface area contributed by atoms with Crippen LogP contribution in [0.15, 0.2) is 42.9 Å². The van der Waals surface area contributed by atoms with E-state index >= 15 is 0 Å². The minimum atomic E-state index is -0.264. The molecular weight excluding hydrogens is 328 g/mol. The Kier molecular flexibility index (Phi) is 5.87. The first kappa shape index (κ1) is 17.9. The zero-order chi connectivity index (χ0) is 16.2. The van der Waals surface area contributed by atoms with Crippen molar-refractivity contribution in [2.75, 3.05) is 6.54 Å². The van der Waals surface area contributed by atoms with Crippen molar-refractivity contribution in [3.05, 3.63) is 48.5 Å². The Hall–Kier alpha value is -2.47. The molecule has 0 aliphatic carbocycles. The first-order valence-corrected chi connectivity index (χ1v) is 7.54. The average molecular weight is 347 g/mol. The topological polar surface area (TPSA) is 84.0 Å². The molecule has 0 radical (unpaired) electrons. The van der Waals surface area contributed by atoms with Crippen molar-refractivity contribution < 1.29 is 9.59 Å². The first-order valence-electron chi connectivity index (χ1n) is 7.54. The van der Waals surface area contributed by atoms with Crippen LogP contribution in [0.4, 0.5) is 0 Å². The predicted octanol–water partition coefficient (Wildman–Crippen LogP) is 1.67. The number of amides is 2. The Bertz CT molecular complexity index is 706. The zero-order valence-corrected chi connectivity index (χ0v) is 14.0. The fourth-order valence-corrected chi connectivity index (χ4v) is 2.74. The third-order valence-corrected chi connectivity index (χ3v) is 3.94. The highest BCUT2D eigenvalue weighted by Gasteiger charge is 2.33. The summed E-state index contributed by atoms with van der Waals surface area (Å²) in [6.45, 7) is 1.92. The maximum absolute atomic E-state index is 12.1. The Labute approximate surface area is 146 Å². The summed E-state index contributed by atoms with van der Waals surface area (Å²) in [4.78, 5) is 31.5. The normalized spacial score (nSPS) is 19.3. The summed E-state index contributed by atoms with van der Waals surface area (Å²) in [7, 11) is 0. The van der Waals surface area contributed by atoms with Gasteiger partial charge in [0.25, 0.3) is 0 Å². The van der Waals surface area contributed by atoms with Gasteiger partial charge in [-0.2, -0.15) is 0 Å². The van der Waals surface area contributed by atoms with Crippen LogP contribution in [0.2, 0.25) is 0 Å². The Morgan fingerprint density at radius 2 is 2.00 bits per heavy atom. The molecule has 2 aromatic heterocycles. The van der Waals surface area contributed by atoms with Crippen molar-refractivity contribution in [2.24, 2.45) is 0 Å². The molecule has 1 saturated heterocycles. The molecule has 0 spiro atoms. The molecule has 0 saturated carbocycles. The van der Waals surface area contributed by atoms with Crippen LogP contribution in [0.3, 0.4) is 0 Å². The van der Waals surface area contributed by atoms with E-state index in [4.69, 9.17) is 0 Å². The first-order chi connectivity index (χ1) is 11.1. The lowest BCUT2D eigenvalue weighted by Crippen LogP contribution is -2.37. The molecule has 2 atom stereocenters. The molecule has 0 bridgehead atoms. The highest BCUT2D eigenvalue weighted by molar-refractivity contribution is 5.86. The molecule has 24 heavy (non-hydrogen) atoms. The Morgan fingerprint density at radius 3 is 2.62 bits per heavy atom. The third kappa shape index (κ3) is 4.08. The molecule has 2 amide bonds. The van der Waals surface area contributed by atoms with Gasteiger partial charge in [-0.3, -0.25) is 19.6 Å². The number of carbonyl (C=O) groups excluding carboxylic acids is 2. The number of hydrogen-bond acceptors (Lipinski definition) is 4. The van der Waals surface area contributed by atoms with Crippen molar-refractivity contribution in [1.29, 1.82) is 0 Å². The number of aromatic nitrogens is 2. The maximum Gasteiger partial charge on any atom is 0.229 e. The van der Waals surface area contributed by atoms with Gasteiger partial charge in [0.1, 0.15) is 0 Å². The molecule has 3 rings (SSSR count). The summed E-state index contributed by atoms with van der Waals surface area (Å²) >= 11 is 0. The van der Waals surface area contributed by atoms with Gasteiger partial charge in [-0.25, -0.2) is 0 Å². The van der Waals surface area contributed by atoms with E-state index in [-0.39, 0.29) is 36.2 Å². The minimum absolute atomic E-state index is 0. The maximum atomic E-state index is 12.1. The van der Waals surface area contributed by atoms with Crippen LogP contribution in [-0.4, -0.2) is 34.4 Å². The fraction of sp³-hybridized carbons (Fsp3) is 0.294. The molecular formula is C17H19ClN4O2. The monoisotopic (exact) mass is 346 g/mol. The minimum Gasteiger partial charge on any atom is -0.354 e. The van der Waals surface area contributed by atoms with Crippen LogP contribution in [0, 0.1) is 0 Å². The quantitative estimate of drug-likeness (QED) is 0.882. The van der Waals surface area contributed by atoms with Crippen LogP contribution in [-0.2, 0) is 9.59 Å². The highest BCUT2D eigenvalue weighted by atomic mass is 35.5. The predicted molar refractivity (Wildman–Crippen MR) is 92.7 cm³/mol. The van der Waals surface area contributed by atoms with Crippen LogP contribution >= 0.6 is 12.4 Å². The van der Waals surface area contributed by atoms with Gasteiger partial charge in [-0.1, -0.05) is 6.07 Å². The summed E-state index contributed by atoms with van der Waals surface area (Å²) in [5.74, 6) is -0.396. The lowest BCUT2D eigenvalue weighted by Gasteiger charge is -2.10. The second kappa shape index (κ2) is 7.88. The van der Waals surface area contributed by atoms with Gasteiger partial charge >= 0.3 is 0 Å². The van der Waals surface area contributed by atoms with Crippen molar-refractivity contribution in [3.8, 4) is 11.1 Å². The molecule has 1 fully saturated rings. The average Bonchev–Trinajstić information content (AvgIpc) is 2.95. The largest absolute Gasteiger partial charge is 0.354 e. The molecule has 1 aliphatic heterocycles. The van der Waals surface area contributed by atoms with Crippen molar-refractivity contribution in [3.63, 3.8) is 0 Å². The fourth-order valence-electron chi connectivity index (χ4n) is 2.74. The molecule has 6 nitrogen and oxygen atoms in total. The Balaban J connectivity index is 0.00000208. The summed E-state index contributed by atoms with van der Waals surface area (Å²) in [6, 6.07) is 7.65.